The van der Waals surface area contributed by atoms with Gasteiger partial charge >= 0.3 is 0 Å². The Morgan fingerprint density at radius 1 is 1.05 bits per heavy atom. The predicted octanol–water partition coefficient (Wildman–Crippen LogP) is 3.51. The first-order valence-corrected chi connectivity index (χ1v) is 7.26. The third-order valence-electron chi connectivity index (χ3n) is 4.02. The standard InChI is InChI=1S/C16H20N4/c1-11-12(2)18-16(13-7-9-17-10-8-13)20-15(11)19-14-5-3-4-6-14/h7-10,14H,3-6H2,1-2H3,(H,18,19,20). The molecule has 0 atom stereocenters. The Labute approximate surface area is 119 Å². The Kier molecular flexibility index (Phi) is 3.63. The summed E-state index contributed by atoms with van der Waals surface area (Å²) in [6.45, 7) is 4.13. The summed E-state index contributed by atoms with van der Waals surface area (Å²) in [4.78, 5) is 13.4. The minimum absolute atomic E-state index is 0.563. The molecule has 0 aromatic carbocycles. The Hall–Kier alpha value is -1.97. The van der Waals surface area contributed by atoms with Crippen LogP contribution in [0.15, 0.2) is 24.5 Å². The Balaban J connectivity index is 1.94. The van der Waals surface area contributed by atoms with Gasteiger partial charge in [0, 0.05) is 35.3 Å². The Morgan fingerprint density at radius 3 is 2.45 bits per heavy atom. The van der Waals surface area contributed by atoms with Crippen LogP contribution in [0.4, 0.5) is 5.82 Å². The van der Waals surface area contributed by atoms with Gasteiger partial charge in [-0.1, -0.05) is 12.8 Å². The fraction of sp³-hybridized carbons (Fsp3) is 0.438. The van der Waals surface area contributed by atoms with Crippen molar-refractivity contribution in [3.63, 3.8) is 0 Å². The van der Waals surface area contributed by atoms with Gasteiger partial charge in [0.25, 0.3) is 0 Å². The largest absolute Gasteiger partial charge is 0.367 e. The second kappa shape index (κ2) is 5.57. The maximum Gasteiger partial charge on any atom is 0.161 e. The molecule has 0 amide bonds. The summed E-state index contributed by atoms with van der Waals surface area (Å²) in [5, 5.41) is 3.59. The summed E-state index contributed by atoms with van der Waals surface area (Å²) < 4.78 is 0. The van der Waals surface area contributed by atoms with Gasteiger partial charge in [-0.05, 0) is 38.8 Å². The van der Waals surface area contributed by atoms with Gasteiger partial charge in [-0.15, -0.1) is 0 Å². The van der Waals surface area contributed by atoms with Crippen LogP contribution in [0.25, 0.3) is 11.4 Å². The number of hydrogen-bond donors (Lipinski definition) is 1. The van der Waals surface area contributed by atoms with Crippen molar-refractivity contribution in [1.82, 2.24) is 15.0 Å². The van der Waals surface area contributed by atoms with Gasteiger partial charge in [-0.2, -0.15) is 0 Å². The fourth-order valence-electron chi connectivity index (χ4n) is 2.66. The predicted molar refractivity (Wildman–Crippen MR) is 80.6 cm³/mol. The van der Waals surface area contributed by atoms with Crippen LogP contribution in [0.2, 0.25) is 0 Å². The molecular formula is C16H20N4. The van der Waals surface area contributed by atoms with E-state index in [4.69, 9.17) is 4.98 Å². The SMILES string of the molecule is Cc1nc(-c2ccncc2)nc(NC2CCCC2)c1C. The van der Waals surface area contributed by atoms with Crippen molar-refractivity contribution in [3.8, 4) is 11.4 Å². The molecule has 2 aromatic heterocycles. The zero-order chi connectivity index (χ0) is 13.9. The van der Waals surface area contributed by atoms with E-state index < -0.39 is 0 Å². The molecule has 1 aliphatic carbocycles. The number of pyridine rings is 1. The minimum atomic E-state index is 0.563. The van der Waals surface area contributed by atoms with E-state index in [-0.39, 0.29) is 0 Å². The Bertz CT molecular complexity index is 589. The van der Waals surface area contributed by atoms with Crippen LogP contribution < -0.4 is 5.32 Å². The number of aryl methyl sites for hydroxylation is 1. The molecule has 0 saturated heterocycles. The highest BCUT2D eigenvalue weighted by molar-refractivity contribution is 5.59. The van der Waals surface area contributed by atoms with E-state index in [1.807, 2.05) is 19.1 Å². The average Bonchev–Trinajstić information content (AvgIpc) is 2.97. The molecule has 20 heavy (non-hydrogen) atoms. The van der Waals surface area contributed by atoms with E-state index in [9.17, 15) is 0 Å². The lowest BCUT2D eigenvalue weighted by molar-refractivity contribution is 0.748. The summed E-state index contributed by atoms with van der Waals surface area (Å²) in [6, 6.07) is 4.46. The normalized spacial score (nSPS) is 15.5. The first-order valence-electron chi connectivity index (χ1n) is 7.26. The fourth-order valence-corrected chi connectivity index (χ4v) is 2.66. The summed E-state index contributed by atoms with van der Waals surface area (Å²) in [7, 11) is 0. The van der Waals surface area contributed by atoms with Crippen LogP contribution in [0.3, 0.4) is 0 Å². The molecule has 1 aliphatic rings. The first kappa shape index (κ1) is 13.0. The van der Waals surface area contributed by atoms with E-state index in [0.717, 1.165) is 28.5 Å². The van der Waals surface area contributed by atoms with Crippen molar-refractivity contribution in [2.24, 2.45) is 0 Å². The number of anilines is 1. The van der Waals surface area contributed by atoms with Crippen LogP contribution in [0.1, 0.15) is 36.9 Å². The molecule has 104 valence electrons. The van der Waals surface area contributed by atoms with Gasteiger partial charge in [0.15, 0.2) is 5.82 Å². The van der Waals surface area contributed by atoms with E-state index >= 15 is 0 Å². The lowest BCUT2D eigenvalue weighted by Gasteiger charge is -2.16. The summed E-state index contributed by atoms with van der Waals surface area (Å²) >= 11 is 0. The summed E-state index contributed by atoms with van der Waals surface area (Å²) in [5.41, 5.74) is 3.19. The first-order chi connectivity index (χ1) is 9.74. The molecule has 1 fully saturated rings. The molecule has 0 bridgehead atoms. The molecule has 2 heterocycles. The number of nitrogens with one attached hydrogen (secondary N) is 1. The number of aromatic nitrogens is 3. The lowest BCUT2D eigenvalue weighted by Crippen LogP contribution is -2.17. The summed E-state index contributed by atoms with van der Waals surface area (Å²) in [6.07, 6.45) is 8.67. The topological polar surface area (TPSA) is 50.7 Å². The molecule has 0 unspecified atom stereocenters. The molecule has 0 aliphatic heterocycles. The second-order valence-electron chi connectivity index (χ2n) is 5.47. The number of rotatable bonds is 3. The maximum atomic E-state index is 4.72. The zero-order valence-corrected chi connectivity index (χ0v) is 12.1. The highest BCUT2D eigenvalue weighted by Crippen LogP contribution is 2.26. The van der Waals surface area contributed by atoms with Crippen LogP contribution in [0, 0.1) is 13.8 Å². The van der Waals surface area contributed by atoms with Crippen molar-refractivity contribution >= 4 is 5.82 Å². The molecule has 4 heteroatoms. The van der Waals surface area contributed by atoms with Gasteiger partial charge in [-0.25, -0.2) is 9.97 Å². The number of hydrogen-bond acceptors (Lipinski definition) is 4. The van der Waals surface area contributed by atoms with Crippen LogP contribution in [-0.4, -0.2) is 21.0 Å². The average molecular weight is 268 g/mol. The van der Waals surface area contributed by atoms with Gasteiger partial charge in [0.05, 0.1) is 0 Å². The quantitative estimate of drug-likeness (QED) is 0.925. The number of nitrogens with zero attached hydrogens (tertiary/aromatic N) is 3. The van der Waals surface area contributed by atoms with Gasteiger partial charge < -0.3 is 5.32 Å². The molecular weight excluding hydrogens is 248 g/mol. The minimum Gasteiger partial charge on any atom is -0.367 e. The smallest absolute Gasteiger partial charge is 0.161 e. The van der Waals surface area contributed by atoms with Crippen molar-refractivity contribution < 1.29 is 0 Å². The van der Waals surface area contributed by atoms with E-state index in [1.165, 1.54) is 25.7 Å². The van der Waals surface area contributed by atoms with E-state index in [2.05, 4.69) is 22.2 Å². The maximum absolute atomic E-state index is 4.72. The molecule has 2 aromatic rings. The molecule has 0 spiro atoms. The molecule has 1 saturated carbocycles. The molecule has 4 nitrogen and oxygen atoms in total. The van der Waals surface area contributed by atoms with E-state index in [0.29, 0.717) is 6.04 Å². The van der Waals surface area contributed by atoms with Crippen LogP contribution in [-0.2, 0) is 0 Å². The molecule has 3 rings (SSSR count). The molecule has 1 N–H and O–H groups in total. The van der Waals surface area contributed by atoms with Crippen LogP contribution in [0.5, 0.6) is 0 Å². The lowest BCUT2D eigenvalue weighted by atomic mass is 10.2. The van der Waals surface area contributed by atoms with Crippen molar-refractivity contribution in [2.45, 2.75) is 45.6 Å². The van der Waals surface area contributed by atoms with Gasteiger partial charge in [0.2, 0.25) is 0 Å². The van der Waals surface area contributed by atoms with Crippen molar-refractivity contribution in [1.29, 1.82) is 0 Å². The summed E-state index contributed by atoms with van der Waals surface area (Å²) in [5.74, 6) is 1.76. The Morgan fingerprint density at radius 2 is 1.75 bits per heavy atom. The van der Waals surface area contributed by atoms with Crippen molar-refractivity contribution in [3.05, 3.63) is 35.8 Å². The molecule has 0 radical (unpaired) electrons. The van der Waals surface area contributed by atoms with E-state index in [1.54, 1.807) is 12.4 Å². The highest BCUT2D eigenvalue weighted by Gasteiger charge is 2.17. The van der Waals surface area contributed by atoms with Gasteiger partial charge in [0.1, 0.15) is 5.82 Å². The van der Waals surface area contributed by atoms with Crippen molar-refractivity contribution in [2.75, 3.05) is 5.32 Å². The monoisotopic (exact) mass is 268 g/mol. The zero-order valence-electron chi connectivity index (χ0n) is 12.1. The van der Waals surface area contributed by atoms with Gasteiger partial charge in [-0.3, -0.25) is 4.98 Å². The third-order valence-corrected chi connectivity index (χ3v) is 4.02. The second-order valence-corrected chi connectivity index (χ2v) is 5.47. The highest BCUT2D eigenvalue weighted by atomic mass is 15.1. The van der Waals surface area contributed by atoms with Crippen LogP contribution >= 0.6 is 0 Å². The third kappa shape index (κ3) is 2.64.